The smallest absolute Gasteiger partial charge is 0.185 e. The molecular weight excluding hydrogens is 140 g/mol. The van der Waals surface area contributed by atoms with E-state index < -0.39 is 0 Å². The average molecular weight is 152 g/mol. The summed E-state index contributed by atoms with van der Waals surface area (Å²) in [7, 11) is 0. The normalized spacial score (nSPS) is 10.0. The quantitative estimate of drug-likeness (QED) is 0.621. The molecule has 0 saturated heterocycles. The summed E-state index contributed by atoms with van der Waals surface area (Å²) >= 11 is 0. The molecule has 0 aliphatic carbocycles. The Morgan fingerprint density at radius 1 is 1.45 bits per heavy atom. The SMILES string of the molecule is CCc1cc(CC)c(C=O)o1. The molecule has 0 aromatic carbocycles. The fourth-order valence-corrected chi connectivity index (χ4v) is 1.05. The lowest BCUT2D eigenvalue weighted by Crippen LogP contribution is -1.81. The largest absolute Gasteiger partial charge is 0.458 e. The van der Waals surface area contributed by atoms with E-state index in [9.17, 15) is 4.79 Å². The molecular formula is C9H12O2. The van der Waals surface area contributed by atoms with Crippen molar-refractivity contribution in [1.82, 2.24) is 0 Å². The highest BCUT2D eigenvalue weighted by Crippen LogP contribution is 2.14. The van der Waals surface area contributed by atoms with Crippen LogP contribution >= 0.6 is 0 Å². The molecule has 0 fully saturated rings. The van der Waals surface area contributed by atoms with E-state index >= 15 is 0 Å². The molecule has 0 aliphatic rings. The van der Waals surface area contributed by atoms with Gasteiger partial charge in [-0.2, -0.15) is 0 Å². The Hall–Kier alpha value is -1.05. The number of carbonyl (C=O) groups excluding carboxylic acids is 1. The molecule has 1 rings (SSSR count). The molecule has 0 saturated carbocycles. The predicted octanol–water partition coefficient (Wildman–Crippen LogP) is 2.22. The van der Waals surface area contributed by atoms with Crippen molar-refractivity contribution in [2.24, 2.45) is 0 Å². The first kappa shape index (κ1) is 8.05. The number of aryl methyl sites for hydroxylation is 2. The summed E-state index contributed by atoms with van der Waals surface area (Å²) in [5.41, 5.74) is 1.01. The van der Waals surface area contributed by atoms with Gasteiger partial charge in [0.1, 0.15) is 5.76 Å². The zero-order valence-corrected chi connectivity index (χ0v) is 6.89. The van der Waals surface area contributed by atoms with Crippen molar-refractivity contribution in [3.8, 4) is 0 Å². The van der Waals surface area contributed by atoms with Gasteiger partial charge in [0.2, 0.25) is 0 Å². The molecule has 2 heteroatoms. The summed E-state index contributed by atoms with van der Waals surface area (Å²) in [5.74, 6) is 1.38. The van der Waals surface area contributed by atoms with Crippen LogP contribution in [0.25, 0.3) is 0 Å². The summed E-state index contributed by atoms with van der Waals surface area (Å²) in [6.45, 7) is 4.02. The number of hydrogen-bond acceptors (Lipinski definition) is 2. The topological polar surface area (TPSA) is 30.2 Å². The number of hydrogen-bond donors (Lipinski definition) is 0. The van der Waals surface area contributed by atoms with Crippen molar-refractivity contribution in [3.05, 3.63) is 23.2 Å². The van der Waals surface area contributed by atoms with Gasteiger partial charge >= 0.3 is 0 Å². The Morgan fingerprint density at radius 2 is 2.18 bits per heavy atom. The first-order chi connectivity index (χ1) is 5.31. The number of aldehydes is 1. The Balaban J connectivity index is 3.01. The van der Waals surface area contributed by atoms with E-state index in [1.807, 2.05) is 19.9 Å². The number of carbonyl (C=O) groups is 1. The maximum absolute atomic E-state index is 10.4. The van der Waals surface area contributed by atoms with Crippen LogP contribution < -0.4 is 0 Å². The highest BCUT2D eigenvalue weighted by molar-refractivity contribution is 5.73. The van der Waals surface area contributed by atoms with E-state index in [-0.39, 0.29) is 0 Å². The molecule has 0 aliphatic heterocycles. The fourth-order valence-electron chi connectivity index (χ4n) is 1.05. The van der Waals surface area contributed by atoms with Gasteiger partial charge in [-0.05, 0) is 12.5 Å². The first-order valence-electron chi connectivity index (χ1n) is 3.88. The van der Waals surface area contributed by atoms with Crippen molar-refractivity contribution in [1.29, 1.82) is 0 Å². The van der Waals surface area contributed by atoms with E-state index in [0.29, 0.717) is 5.76 Å². The molecule has 1 aromatic rings. The van der Waals surface area contributed by atoms with Gasteiger partial charge in [-0.3, -0.25) is 4.79 Å². The second-order valence-corrected chi connectivity index (χ2v) is 2.43. The van der Waals surface area contributed by atoms with Gasteiger partial charge in [0.15, 0.2) is 12.0 Å². The Morgan fingerprint density at radius 3 is 2.55 bits per heavy atom. The monoisotopic (exact) mass is 152 g/mol. The predicted molar refractivity (Wildman–Crippen MR) is 42.9 cm³/mol. The van der Waals surface area contributed by atoms with Gasteiger partial charge < -0.3 is 4.42 Å². The van der Waals surface area contributed by atoms with E-state index in [0.717, 1.165) is 30.5 Å². The maximum atomic E-state index is 10.4. The van der Waals surface area contributed by atoms with Crippen LogP contribution in [0.4, 0.5) is 0 Å². The minimum atomic E-state index is 0.490. The van der Waals surface area contributed by atoms with Crippen molar-refractivity contribution < 1.29 is 9.21 Å². The fraction of sp³-hybridized carbons (Fsp3) is 0.444. The zero-order chi connectivity index (χ0) is 8.27. The third-order valence-electron chi connectivity index (χ3n) is 1.73. The molecule has 0 spiro atoms. The molecule has 60 valence electrons. The summed E-state index contributed by atoms with van der Waals surface area (Å²) in [4.78, 5) is 10.4. The second-order valence-electron chi connectivity index (χ2n) is 2.43. The highest BCUT2D eigenvalue weighted by atomic mass is 16.3. The molecule has 0 bridgehead atoms. The van der Waals surface area contributed by atoms with E-state index in [1.165, 1.54) is 0 Å². The van der Waals surface area contributed by atoms with Gasteiger partial charge in [0.05, 0.1) is 0 Å². The van der Waals surface area contributed by atoms with Crippen molar-refractivity contribution in [3.63, 3.8) is 0 Å². The van der Waals surface area contributed by atoms with Gasteiger partial charge in [0.25, 0.3) is 0 Å². The minimum absolute atomic E-state index is 0.490. The van der Waals surface area contributed by atoms with E-state index in [4.69, 9.17) is 4.42 Å². The lowest BCUT2D eigenvalue weighted by molar-refractivity contribution is 0.109. The van der Waals surface area contributed by atoms with E-state index in [2.05, 4.69) is 0 Å². The number of rotatable bonds is 3. The Kier molecular flexibility index (Phi) is 2.47. The molecule has 0 amide bonds. The maximum Gasteiger partial charge on any atom is 0.185 e. The average Bonchev–Trinajstić information content (AvgIpc) is 2.46. The van der Waals surface area contributed by atoms with Gasteiger partial charge in [-0.1, -0.05) is 13.8 Å². The van der Waals surface area contributed by atoms with Crippen molar-refractivity contribution >= 4 is 6.29 Å². The van der Waals surface area contributed by atoms with Crippen molar-refractivity contribution in [2.75, 3.05) is 0 Å². The summed E-state index contributed by atoms with van der Waals surface area (Å²) < 4.78 is 5.24. The van der Waals surface area contributed by atoms with E-state index in [1.54, 1.807) is 0 Å². The summed E-state index contributed by atoms with van der Waals surface area (Å²) in [6.07, 6.45) is 2.48. The van der Waals surface area contributed by atoms with Crippen LogP contribution in [0, 0.1) is 0 Å². The van der Waals surface area contributed by atoms with Gasteiger partial charge in [0, 0.05) is 12.0 Å². The second kappa shape index (κ2) is 3.37. The van der Waals surface area contributed by atoms with Gasteiger partial charge in [-0.25, -0.2) is 0 Å². The third-order valence-corrected chi connectivity index (χ3v) is 1.73. The number of furan rings is 1. The molecule has 0 atom stereocenters. The molecule has 1 heterocycles. The first-order valence-corrected chi connectivity index (χ1v) is 3.88. The summed E-state index contributed by atoms with van der Waals surface area (Å²) in [6, 6.07) is 1.95. The highest BCUT2D eigenvalue weighted by Gasteiger charge is 2.06. The Bertz CT molecular complexity index is 248. The Labute approximate surface area is 66.2 Å². The summed E-state index contributed by atoms with van der Waals surface area (Å²) in [5, 5.41) is 0. The lowest BCUT2D eigenvalue weighted by Gasteiger charge is -1.85. The van der Waals surface area contributed by atoms with Crippen LogP contribution in [0.3, 0.4) is 0 Å². The molecule has 11 heavy (non-hydrogen) atoms. The van der Waals surface area contributed by atoms with Crippen LogP contribution in [-0.2, 0) is 12.8 Å². The van der Waals surface area contributed by atoms with Crippen LogP contribution in [0.1, 0.15) is 35.7 Å². The van der Waals surface area contributed by atoms with Crippen LogP contribution in [0.2, 0.25) is 0 Å². The third kappa shape index (κ3) is 1.50. The van der Waals surface area contributed by atoms with Crippen LogP contribution in [0.5, 0.6) is 0 Å². The molecule has 0 N–H and O–H groups in total. The van der Waals surface area contributed by atoms with Crippen molar-refractivity contribution in [2.45, 2.75) is 26.7 Å². The van der Waals surface area contributed by atoms with Crippen LogP contribution in [-0.4, -0.2) is 6.29 Å². The molecule has 2 nitrogen and oxygen atoms in total. The van der Waals surface area contributed by atoms with Gasteiger partial charge in [-0.15, -0.1) is 0 Å². The minimum Gasteiger partial charge on any atom is -0.458 e. The molecule has 1 aromatic heterocycles. The van der Waals surface area contributed by atoms with Crippen LogP contribution in [0.15, 0.2) is 10.5 Å². The standard InChI is InChI=1S/C9H12O2/c1-3-7-5-8(4-2)11-9(7)6-10/h5-6H,3-4H2,1-2H3. The lowest BCUT2D eigenvalue weighted by atomic mass is 10.2. The molecule has 0 unspecified atom stereocenters. The molecule has 0 radical (unpaired) electrons. The zero-order valence-electron chi connectivity index (χ0n) is 6.89.